The molecule has 0 spiro atoms. The van der Waals surface area contributed by atoms with Crippen LogP contribution in [0.4, 0.5) is 9.59 Å². The van der Waals surface area contributed by atoms with Crippen LogP contribution in [-0.4, -0.2) is 134 Å². The van der Waals surface area contributed by atoms with Gasteiger partial charge in [0.2, 0.25) is 11.8 Å². The van der Waals surface area contributed by atoms with Gasteiger partial charge in [0.05, 0.1) is 54.4 Å². The van der Waals surface area contributed by atoms with Gasteiger partial charge in [0.15, 0.2) is 0 Å². The molecular weight excluding hydrogens is 773 g/mol. The standard InChI is InChI=1S/C40H44N14O6/c1-52(40(58)59)34(18-28-20-44-51-49-28)38(56)54-16-4-6-33(54)36-42-22-31(46-36)26-13-9-24(10-14-26)23-7-11-25(12-8-23)30-21-41-35(45-30)32-5-3-15-53(32)37(55)29(47-39(57)60-2)17-27-19-43-50-48-27/h7-14,19-22,29,32-34H,3-6,15-18H2,1-2H3,(H,41,45)(H,42,46)(H,47,57)(H,58,59)(H,43,48,50)(H,44,49,51)/t29-,32?,33-,34-/m0/s1. The van der Waals surface area contributed by atoms with Crippen molar-refractivity contribution in [1.82, 2.24) is 70.8 Å². The maximum Gasteiger partial charge on any atom is 0.407 e. The molecule has 2 fully saturated rings. The largest absolute Gasteiger partial charge is 0.465 e. The lowest BCUT2D eigenvalue weighted by Crippen LogP contribution is -2.50. The van der Waals surface area contributed by atoms with E-state index in [0.717, 1.165) is 57.8 Å². The third-order valence-corrected chi connectivity index (χ3v) is 11.2. The fourth-order valence-electron chi connectivity index (χ4n) is 7.99. The summed E-state index contributed by atoms with van der Waals surface area (Å²) in [5.41, 5.74) is 6.55. The number of amides is 4. The topological polar surface area (TPSA) is 260 Å². The molecule has 0 bridgehead atoms. The van der Waals surface area contributed by atoms with Crippen molar-refractivity contribution in [2.24, 2.45) is 0 Å². The highest BCUT2D eigenvalue weighted by molar-refractivity contribution is 5.87. The molecule has 2 aliphatic rings. The number of likely N-dealkylation sites (N-methyl/N-ethyl adjacent to an activating group) is 1. The van der Waals surface area contributed by atoms with E-state index in [4.69, 9.17) is 4.74 Å². The third-order valence-electron chi connectivity index (χ3n) is 11.2. The van der Waals surface area contributed by atoms with Crippen molar-refractivity contribution in [3.63, 3.8) is 0 Å². The smallest absolute Gasteiger partial charge is 0.407 e. The Hall–Kier alpha value is -7.38. The molecule has 1 unspecified atom stereocenters. The fourth-order valence-corrected chi connectivity index (χ4v) is 7.99. The van der Waals surface area contributed by atoms with Crippen LogP contribution in [-0.2, 0) is 27.2 Å². The molecule has 20 nitrogen and oxygen atoms in total. The number of hydrogen-bond donors (Lipinski definition) is 6. The average molecular weight is 817 g/mol. The molecule has 8 rings (SSSR count). The molecule has 2 saturated heterocycles. The van der Waals surface area contributed by atoms with Crippen LogP contribution in [0.25, 0.3) is 33.6 Å². The lowest BCUT2D eigenvalue weighted by Gasteiger charge is -2.31. The summed E-state index contributed by atoms with van der Waals surface area (Å²) >= 11 is 0. The van der Waals surface area contributed by atoms with Gasteiger partial charge in [-0.05, 0) is 47.9 Å². The number of imidazole rings is 2. The Bertz CT molecular complexity index is 2410. The number of rotatable bonds is 13. The summed E-state index contributed by atoms with van der Waals surface area (Å²) in [6, 6.07) is 13.8. The molecule has 2 aliphatic heterocycles. The SMILES string of the molecule is COC(=O)N[C@@H](Cc1c[nH]nn1)C(=O)N1CCCC1c1ncc(-c2ccc(-c3ccc(-c4cnc([C@@H]5CCCN5C(=O)[C@H](Cc5c[nH]nn5)N(C)C(=O)O)[nH]4)cc3)cc2)[nH]1. The second-order valence-corrected chi connectivity index (χ2v) is 14.8. The Morgan fingerprint density at radius 3 is 1.72 bits per heavy atom. The van der Waals surface area contributed by atoms with Crippen molar-refractivity contribution in [3.8, 4) is 33.6 Å². The Kier molecular flexibility index (Phi) is 11.3. The number of H-pyrrole nitrogens is 4. The first kappa shape index (κ1) is 39.4. The monoisotopic (exact) mass is 816 g/mol. The Morgan fingerprint density at radius 1 is 0.767 bits per heavy atom. The molecule has 2 aromatic carbocycles. The van der Waals surface area contributed by atoms with Crippen LogP contribution in [0.5, 0.6) is 0 Å². The van der Waals surface area contributed by atoms with E-state index in [2.05, 4.69) is 56.1 Å². The van der Waals surface area contributed by atoms with Crippen LogP contribution in [0.3, 0.4) is 0 Å². The molecule has 6 aromatic rings. The van der Waals surface area contributed by atoms with Gasteiger partial charge in [-0.3, -0.25) is 24.7 Å². The number of nitrogens with one attached hydrogen (secondary N) is 5. The van der Waals surface area contributed by atoms with Crippen molar-refractivity contribution in [2.75, 3.05) is 27.2 Å². The number of carbonyl (C=O) groups excluding carboxylic acids is 3. The first-order valence-corrected chi connectivity index (χ1v) is 19.6. The van der Waals surface area contributed by atoms with Crippen LogP contribution in [0.15, 0.2) is 73.3 Å². The van der Waals surface area contributed by atoms with Crippen molar-refractivity contribution in [2.45, 2.75) is 62.7 Å². The minimum absolute atomic E-state index is 0.0973. The Balaban J connectivity index is 0.917. The molecule has 20 heteroatoms. The maximum atomic E-state index is 13.8. The van der Waals surface area contributed by atoms with Gasteiger partial charge in [-0.25, -0.2) is 19.6 Å². The number of nitrogens with zero attached hydrogens (tertiary/aromatic N) is 9. The first-order chi connectivity index (χ1) is 29.2. The molecule has 4 atom stereocenters. The predicted octanol–water partition coefficient (Wildman–Crippen LogP) is 3.89. The Labute approximate surface area is 343 Å². The summed E-state index contributed by atoms with van der Waals surface area (Å²) in [5.74, 6) is 0.752. The first-order valence-electron chi connectivity index (χ1n) is 19.6. The van der Waals surface area contributed by atoms with E-state index in [0.29, 0.717) is 42.5 Å². The molecule has 6 heterocycles. The van der Waals surface area contributed by atoms with E-state index in [9.17, 15) is 24.3 Å². The van der Waals surface area contributed by atoms with E-state index >= 15 is 0 Å². The summed E-state index contributed by atoms with van der Waals surface area (Å²) in [6.45, 7) is 1.01. The quantitative estimate of drug-likeness (QED) is 0.0971. The minimum atomic E-state index is -1.20. The van der Waals surface area contributed by atoms with E-state index in [1.54, 1.807) is 34.6 Å². The predicted molar refractivity (Wildman–Crippen MR) is 213 cm³/mol. The van der Waals surface area contributed by atoms with Crippen LogP contribution in [0.1, 0.15) is 60.8 Å². The number of aromatic amines is 4. The summed E-state index contributed by atoms with van der Waals surface area (Å²) in [7, 11) is 2.64. The van der Waals surface area contributed by atoms with E-state index < -0.39 is 24.3 Å². The van der Waals surface area contributed by atoms with Gasteiger partial charge in [0.1, 0.15) is 23.7 Å². The van der Waals surface area contributed by atoms with Crippen LogP contribution < -0.4 is 5.32 Å². The molecule has 0 radical (unpaired) electrons. The molecule has 6 N–H and O–H groups in total. The molecule has 310 valence electrons. The molecule has 0 saturated carbocycles. The zero-order valence-corrected chi connectivity index (χ0v) is 32.9. The highest BCUT2D eigenvalue weighted by Gasteiger charge is 2.39. The summed E-state index contributed by atoms with van der Waals surface area (Å²) in [4.78, 5) is 72.2. The van der Waals surface area contributed by atoms with Gasteiger partial charge in [0.25, 0.3) is 0 Å². The number of aromatic nitrogens is 10. The van der Waals surface area contributed by atoms with Crippen LogP contribution >= 0.6 is 0 Å². The highest BCUT2D eigenvalue weighted by atomic mass is 16.5. The number of likely N-dealkylation sites (tertiary alicyclic amines) is 2. The summed E-state index contributed by atoms with van der Waals surface area (Å²) in [5, 5.41) is 33.0. The van der Waals surface area contributed by atoms with E-state index in [1.165, 1.54) is 14.2 Å². The molecule has 60 heavy (non-hydrogen) atoms. The molecular formula is C40H44N14O6. The number of methoxy groups -OCH3 is 1. The number of hydrogen-bond acceptors (Lipinski definition) is 11. The van der Waals surface area contributed by atoms with Crippen molar-refractivity contribution >= 4 is 24.0 Å². The van der Waals surface area contributed by atoms with Crippen molar-refractivity contribution in [1.29, 1.82) is 0 Å². The summed E-state index contributed by atoms with van der Waals surface area (Å²) < 4.78 is 4.78. The van der Waals surface area contributed by atoms with Crippen LogP contribution in [0.2, 0.25) is 0 Å². The molecule has 4 amide bonds. The van der Waals surface area contributed by atoms with E-state index in [1.807, 2.05) is 48.5 Å². The maximum absolute atomic E-state index is 13.8. The van der Waals surface area contributed by atoms with Crippen molar-refractivity contribution < 1.29 is 29.0 Å². The van der Waals surface area contributed by atoms with Gasteiger partial charge in [-0.1, -0.05) is 59.0 Å². The van der Waals surface area contributed by atoms with Crippen molar-refractivity contribution in [3.05, 3.63) is 96.4 Å². The number of benzene rings is 2. The fraction of sp³-hybridized carbons (Fsp3) is 0.350. The Morgan fingerprint density at radius 2 is 1.25 bits per heavy atom. The number of ether oxygens (including phenoxy) is 1. The van der Waals surface area contributed by atoms with Gasteiger partial charge in [0, 0.05) is 45.4 Å². The normalized spacial score (nSPS) is 17.4. The zero-order valence-electron chi connectivity index (χ0n) is 32.9. The summed E-state index contributed by atoms with van der Waals surface area (Å²) in [6.07, 6.45) is 7.98. The van der Waals surface area contributed by atoms with E-state index in [-0.39, 0.29) is 36.7 Å². The highest BCUT2D eigenvalue weighted by Crippen LogP contribution is 2.35. The third kappa shape index (κ3) is 8.29. The second kappa shape index (κ2) is 17.2. The van der Waals surface area contributed by atoms with Gasteiger partial charge in [-0.15, -0.1) is 10.2 Å². The second-order valence-electron chi connectivity index (χ2n) is 14.8. The van der Waals surface area contributed by atoms with Crippen LogP contribution in [0, 0.1) is 0 Å². The lowest BCUT2D eigenvalue weighted by molar-refractivity contribution is -0.137. The lowest BCUT2D eigenvalue weighted by atomic mass is 10.0. The van der Waals surface area contributed by atoms with Gasteiger partial charge < -0.3 is 34.9 Å². The number of alkyl carbamates (subject to hydrolysis) is 1. The minimum Gasteiger partial charge on any atom is -0.465 e. The zero-order chi connectivity index (χ0) is 41.8. The van der Waals surface area contributed by atoms with Gasteiger partial charge >= 0.3 is 12.2 Å². The average Bonchev–Trinajstić information content (AvgIpc) is 4.12. The number of carbonyl (C=O) groups is 4. The number of carboxylic acid groups (broad SMARTS) is 1. The molecule has 4 aromatic heterocycles. The molecule has 0 aliphatic carbocycles. The van der Waals surface area contributed by atoms with Gasteiger partial charge in [-0.2, -0.15) is 0 Å².